The summed E-state index contributed by atoms with van der Waals surface area (Å²) in [5.41, 5.74) is 5.57. The van der Waals surface area contributed by atoms with E-state index >= 15 is 0 Å². The van der Waals surface area contributed by atoms with Gasteiger partial charge in [0.1, 0.15) is 17.6 Å². The number of esters is 1. The fourth-order valence-electron chi connectivity index (χ4n) is 4.13. The van der Waals surface area contributed by atoms with Gasteiger partial charge in [0.05, 0.1) is 12.3 Å². The average molecular weight is 434 g/mol. The second-order valence-electron chi connectivity index (χ2n) is 9.45. The highest BCUT2D eigenvalue weighted by atomic mass is 16.5. The van der Waals surface area contributed by atoms with E-state index in [4.69, 9.17) is 18.9 Å². The number of rotatable bonds is 6. The number of oxazole rings is 1. The molecular weight excluding hydrogens is 402 g/mol. The first-order chi connectivity index (χ1) is 15.2. The largest absolute Gasteiger partial charge is 0.493 e. The minimum Gasteiger partial charge on any atom is -0.493 e. The van der Waals surface area contributed by atoms with Crippen LogP contribution in [0.15, 0.2) is 46.9 Å². The van der Waals surface area contributed by atoms with E-state index in [2.05, 4.69) is 51.1 Å². The van der Waals surface area contributed by atoms with Crippen molar-refractivity contribution < 1.29 is 18.7 Å². The summed E-state index contributed by atoms with van der Waals surface area (Å²) in [5.74, 6) is 2.05. The van der Waals surface area contributed by atoms with Crippen LogP contribution in [0.1, 0.15) is 68.4 Å². The molecule has 0 amide bonds. The normalized spacial score (nSPS) is 15.5. The van der Waals surface area contributed by atoms with E-state index in [9.17, 15) is 4.79 Å². The Balaban J connectivity index is 1.37. The molecule has 5 nitrogen and oxygen atoms in total. The molecule has 0 fully saturated rings. The summed E-state index contributed by atoms with van der Waals surface area (Å²) in [4.78, 5) is 16.0. The number of hydrogen-bond donors (Lipinski definition) is 0. The van der Waals surface area contributed by atoms with Crippen LogP contribution in [0.3, 0.4) is 0 Å². The first kappa shape index (κ1) is 22.1. The highest BCUT2D eigenvalue weighted by Crippen LogP contribution is 2.36. The van der Waals surface area contributed by atoms with Gasteiger partial charge in [0.15, 0.2) is 0 Å². The number of benzene rings is 2. The monoisotopic (exact) mass is 433 g/mol. The lowest BCUT2D eigenvalue weighted by atomic mass is 9.87. The number of aromatic nitrogens is 1. The van der Waals surface area contributed by atoms with Gasteiger partial charge < -0.3 is 13.9 Å². The molecule has 1 atom stereocenters. The van der Waals surface area contributed by atoms with Gasteiger partial charge in [-0.3, -0.25) is 4.79 Å². The summed E-state index contributed by atoms with van der Waals surface area (Å²) in [6.45, 7) is 10.5. The minimum absolute atomic E-state index is 0.118. The van der Waals surface area contributed by atoms with Crippen molar-refractivity contribution in [2.24, 2.45) is 0 Å². The number of nitrogens with zero attached hydrogens (tertiary/aromatic N) is 1. The fraction of sp³-hybridized carbons (Fsp3) is 0.407. The summed E-state index contributed by atoms with van der Waals surface area (Å²) in [6, 6.07) is 14.4. The summed E-state index contributed by atoms with van der Waals surface area (Å²) >= 11 is 0. The Morgan fingerprint density at radius 1 is 1.16 bits per heavy atom. The molecule has 1 aliphatic rings. The zero-order chi connectivity index (χ0) is 22.9. The third-order valence-electron chi connectivity index (χ3n) is 5.94. The van der Waals surface area contributed by atoms with Gasteiger partial charge in [0, 0.05) is 18.9 Å². The van der Waals surface area contributed by atoms with Gasteiger partial charge in [-0.05, 0) is 66.1 Å². The van der Waals surface area contributed by atoms with Gasteiger partial charge >= 0.3 is 5.97 Å². The highest BCUT2D eigenvalue weighted by molar-refractivity contribution is 5.66. The lowest BCUT2D eigenvalue weighted by Crippen LogP contribution is -2.10. The summed E-state index contributed by atoms with van der Waals surface area (Å²) in [6.07, 6.45) is 2.26. The average Bonchev–Trinajstić information content (AvgIpc) is 3.30. The van der Waals surface area contributed by atoms with Gasteiger partial charge in [-0.2, -0.15) is 0 Å². The van der Waals surface area contributed by atoms with Crippen LogP contribution in [0.2, 0.25) is 0 Å². The van der Waals surface area contributed by atoms with Gasteiger partial charge in [-0.15, -0.1) is 0 Å². The molecule has 0 radical (unpaired) electrons. The number of aryl methyl sites for hydroxylation is 2. The summed E-state index contributed by atoms with van der Waals surface area (Å²) < 4.78 is 17.3. The van der Waals surface area contributed by atoms with Crippen molar-refractivity contribution in [1.29, 1.82) is 0 Å². The number of fused-ring (bicyclic) bond motifs is 1. The van der Waals surface area contributed by atoms with Gasteiger partial charge in [-0.25, -0.2) is 4.98 Å². The maximum atomic E-state index is 11.3. The molecule has 1 aliphatic carbocycles. The third kappa shape index (κ3) is 4.87. The van der Waals surface area contributed by atoms with Crippen LogP contribution in [-0.2, 0) is 27.8 Å². The molecule has 4 rings (SSSR count). The molecule has 1 heterocycles. The zero-order valence-electron chi connectivity index (χ0n) is 19.5. The van der Waals surface area contributed by atoms with E-state index in [-0.39, 0.29) is 17.5 Å². The maximum Gasteiger partial charge on any atom is 0.303 e. The summed E-state index contributed by atoms with van der Waals surface area (Å²) in [5, 5.41) is 0. The van der Waals surface area contributed by atoms with E-state index in [1.807, 2.05) is 19.1 Å². The molecule has 1 unspecified atom stereocenters. The smallest absolute Gasteiger partial charge is 0.303 e. The van der Waals surface area contributed by atoms with Gasteiger partial charge in [0.2, 0.25) is 5.89 Å². The molecule has 32 heavy (non-hydrogen) atoms. The van der Waals surface area contributed by atoms with Crippen LogP contribution in [0.4, 0.5) is 0 Å². The SMILES string of the molecule is CC(=O)OC1CCc2cc(OCCc3nc(-c4ccc(C(C)(C)C)cc4)oc3C)ccc21. The Morgan fingerprint density at radius 2 is 1.91 bits per heavy atom. The van der Waals surface area contributed by atoms with Crippen molar-refractivity contribution in [2.75, 3.05) is 6.61 Å². The Kier molecular flexibility index (Phi) is 6.09. The Hall–Kier alpha value is -3.08. The van der Waals surface area contributed by atoms with E-state index in [1.165, 1.54) is 18.1 Å². The number of carbonyl (C=O) groups is 1. The first-order valence-electron chi connectivity index (χ1n) is 11.2. The van der Waals surface area contributed by atoms with Crippen molar-refractivity contribution in [3.8, 4) is 17.2 Å². The molecule has 3 aromatic rings. The predicted molar refractivity (Wildman–Crippen MR) is 124 cm³/mol. The number of ether oxygens (including phenoxy) is 2. The van der Waals surface area contributed by atoms with E-state index in [0.717, 1.165) is 41.2 Å². The predicted octanol–water partition coefficient (Wildman–Crippen LogP) is 6.12. The standard InChI is InChI=1S/C27H31NO4/c1-17-24(28-26(31-17)19-6-9-21(10-7-19)27(3,4)5)14-15-30-22-11-12-23-20(16-22)8-13-25(23)32-18(2)29/h6-7,9-12,16,25H,8,13-15H2,1-5H3. The summed E-state index contributed by atoms with van der Waals surface area (Å²) in [7, 11) is 0. The van der Waals surface area contributed by atoms with Crippen LogP contribution in [0.5, 0.6) is 5.75 Å². The van der Waals surface area contributed by atoms with E-state index < -0.39 is 0 Å². The Labute approximate surface area is 189 Å². The van der Waals surface area contributed by atoms with Crippen LogP contribution in [-0.4, -0.2) is 17.6 Å². The van der Waals surface area contributed by atoms with Crippen molar-refractivity contribution in [1.82, 2.24) is 4.98 Å². The van der Waals surface area contributed by atoms with Crippen molar-refractivity contribution in [3.63, 3.8) is 0 Å². The van der Waals surface area contributed by atoms with Crippen LogP contribution in [0, 0.1) is 6.92 Å². The molecule has 168 valence electrons. The second kappa shape index (κ2) is 8.81. The molecular formula is C27H31NO4. The first-order valence-corrected chi connectivity index (χ1v) is 11.2. The van der Waals surface area contributed by atoms with Crippen LogP contribution < -0.4 is 4.74 Å². The number of carbonyl (C=O) groups excluding carboxylic acids is 1. The van der Waals surface area contributed by atoms with Crippen LogP contribution in [0.25, 0.3) is 11.5 Å². The fourth-order valence-corrected chi connectivity index (χ4v) is 4.13. The molecule has 0 aliphatic heterocycles. The maximum absolute atomic E-state index is 11.3. The molecule has 1 aromatic heterocycles. The van der Waals surface area contributed by atoms with Gasteiger partial charge in [0.25, 0.3) is 0 Å². The lowest BCUT2D eigenvalue weighted by molar-refractivity contribution is -0.146. The molecule has 2 aromatic carbocycles. The topological polar surface area (TPSA) is 61.6 Å². The quantitative estimate of drug-likeness (QED) is 0.438. The Morgan fingerprint density at radius 3 is 2.59 bits per heavy atom. The molecule has 0 saturated carbocycles. The van der Waals surface area contributed by atoms with E-state index in [1.54, 1.807) is 0 Å². The Bertz CT molecular complexity index is 1110. The lowest BCUT2D eigenvalue weighted by Gasteiger charge is -2.18. The van der Waals surface area contributed by atoms with Crippen molar-refractivity contribution >= 4 is 5.97 Å². The third-order valence-corrected chi connectivity index (χ3v) is 5.94. The molecule has 5 heteroatoms. The highest BCUT2D eigenvalue weighted by Gasteiger charge is 2.25. The zero-order valence-corrected chi connectivity index (χ0v) is 19.5. The van der Waals surface area contributed by atoms with Gasteiger partial charge in [-0.1, -0.05) is 39.0 Å². The number of hydrogen-bond acceptors (Lipinski definition) is 5. The van der Waals surface area contributed by atoms with E-state index in [0.29, 0.717) is 18.9 Å². The van der Waals surface area contributed by atoms with Crippen molar-refractivity contribution in [3.05, 3.63) is 70.6 Å². The molecule has 0 saturated heterocycles. The molecule has 0 bridgehead atoms. The molecule has 0 N–H and O–H groups in total. The minimum atomic E-state index is -0.240. The van der Waals surface area contributed by atoms with Crippen LogP contribution >= 0.6 is 0 Å². The van der Waals surface area contributed by atoms with Crippen molar-refractivity contribution in [2.45, 2.75) is 65.4 Å². The second-order valence-corrected chi connectivity index (χ2v) is 9.45. The molecule has 0 spiro atoms.